The Balaban J connectivity index is 2.41. The lowest BCUT2D eigenvalue weighted by Crippen LogP contribution is -2.35. The third kappa shape index (κ3) is 3.85. The molecule has 11 heteroatoms. The molecule has 1 aliphatic heterocycles. The van der Waals surface area contributed by atoms with Crippen LogP contribution in [0.2, 0.25) is 0 Å². The lowest BCUT2D eigenvalue weighted by atomic mass is 10.2. The lowest BCUT2D eigenvalue weighted by Gasteiger charge is -2.15. The Hall–Kier alpha value is -2.56. The third-order valence-corrected chi connectivity index (χ3v) is 3.76. The van der Waals surface area contributed by atoms with Crippen LogP contribution in [0.25, 0.3) is 6.08 Å². The predicted molar refractivity (Wildman–Crippen MR) is 73.5 cm³/mol. The summed E-state index contributed by atoms with van der Waals surface area (Å²) < 4.78 is 68.3. The smallest absolute Gasteiger partial charge is 0.447 e. The van der Waals surface area contributed by atoms with E-state index in [9.17, 15) is 31.2 Å². The van der Waals surface area contributed by atoms with Gasteiger partial charge in [0.15, 0.2) is 0 Å². The van der Waals surface area contributed by atoms with Crippen molar-refractivity contribution in [2.75, 3.05) is 13.2 Å². The van der Waals surface area contributed by atoms with Crippen LogP contribution in [0.4, 0.5) is 18.0 Å². The lowest BCUT2D eigenvalue weighted by molar-refractivity contribution is -0.126. The van der Waals surface area contributed by atoms with Crippen LogP contribution in [0.5, 0.6) is 0 Å². The van der Waals surface area contributed by atoms with Crippen LogP contribution in [-0.2, 0) is 23.8 Å². The van der Waals surface area contributed by atoms with Crippen molar-refractivity contribution in [3.05, 3.63) is 41.7 Å². The van der Waals surface area contributed by atoms with E-state index >= 15 is 0 Å². The van der Waals surface area contributed by atoms with Crippen molar-refractivity contribution >= 4 is 28.2 Å². The Kier molecular flexibility index (Phi) is 4.83. The van der Waals surface area contributed by atoms with Gasteiger partial charge in [-0.3, -0.25) is 4.79 Å². The number of imide groups is 1. The average Bonchev–Trinajstić information content (AvgIpc) is 2.91. The van der Waals surface area contributed by atoms with Crippen LogP contribution < -0.4 is 0 Å². The Bertz CT molecular complexity index is 773. The fourth-order valence-corrected chi connectivity index (χ4v) is 2.15. The van der Waals surface area contributed by atoms with Gasteiger partial charge < -0.3 is 8.92 Å². The maximum Gasteiger partial charge on any atom is 0.534 e. The summed E-state index contributed by atoms with van der Waals surface area (Å²) in [6.07, 6.45) is -0.316. The highest BCUT2D eigenvalue weighted by molar-refractivity contribution is 7.87. The molecule has 1 aromatic carbocycles. The molecule has 0 radical (unpaired) electrons. The van der Waals surface area contributed by atoms with Gasteiger partial charge in [0.25, 0.3) is 5.91 Å². The van der Waals surface area contributed by atoms with Crippen molar-refractivity contribution in [1.82, 2.24) is 4.90 Å². The summed E-state index contributed by atoms with van der Waals surface area (Å²) in [6.45, 7) is -0.394. The minimum atomic E-state index is -6.08. The van der Waals surface area contributed by atoms with E-state index in [4.69, 9.17) is 0 Å². The van der Waals surface area contributed by atoms with Crippen molar-refractivity contribution in [2.24, 2.45) is 0 Å². The molecule has 1 aliphatic rings. The van der Waals surface area contributed by atoms with E-state index in [-0.39, 0.29) is 18.7 Å². The van der Waals surface area contributed by atoms with Crippen LogP contribution in [-0.4, -0.2) is 44.0 Å². The number of hydrogen-bond donors (Lipinski definition) is 0. The summed E-state index contributed by atoms with van der Waals surface area (Å²) in [7, 11) is -6.08. The fourth-order valence-electron chi connectivity index (χ4n) is 1.70. The highest BCUT2D eigenvalue weighted by Crippen LogP contribution is 2.28. The molecule has 0 aliphatic carbocycles. The van der Waals surface area contributed by atoms with E-state index in [0.717, 1.165) is 6.08 Å². The molecule has 1 aromatic rings. The zero-order chi connectivity index (χ0) is 18.0. The molecule has 0 spiro atoms. The molecule has 130 valence electrons. The maximum absolute atomic E-state index is 12.5. The number of cyclic esters (lactones) is 1. The number of amides is 2. The van der Waals surface area contributed by atoms with Crippen LogP contribution in [0, 0.1) is 0 Å². The molecule has 2 rings (SSSR count). The number of carbonyl (C=O) groups excluding carboxylic acids is 2. The van der Waals surface area contributed by atoms with Crippen LogP contribution in [0.1, 0.15) is 5.56 Å². The molecule has 1 fully saturated rings. The molecular weight excluding hydrogens is 355 g/mol. The molecule has 2 amide bonds. The van der Waals surface area contributed by atoms with Gasteiger partial charge in [0.2, 0.25) is 5.76 Å². The molecule has 1 heterocycles. The molecule has 0 bridgehead atoms. The van der Waals surface area contributed by atoms with Crippen molar-refractivity contribution in [2.45, 2.75) is 5.51 Å². The van der Waals surface area contributed by atoms with E-state index in [2.05, 4.69) is 8.92 Å². The molecule has 1 saturated heterocycles. The molecule has 7 nitrogen and oxygen atoms in total. The number of halogens is 3. The summed E-state index contributed by atoms with van der Waals surface area (Å²) in [5, 5.41) is 0. The summed E-state index contributed by atoms with van der Waals surface area (Å²) in [4.78, 5) is 24.0. The van der Waals surface area contributed by atoms with Gasteiger partial charge in [0, 0.05) is 0 Å². The van der Waals surface area contributed by atoms with E-state index in [1.165, 1.54) is 24.3 Å². The normalized spacial score (nSPS) is 16.0. The largest absolute Gasteiger partial charge is 0.534 e. The molecule has 0 aromatic heterocycles. The molecular formula is C13H10F3NO6S. The number of carbonyl (C=O) groups is 2. The Morgan fingerprint density at radius 2 is 1.88 bits per heavy atom. The minimum absolute atomic E-state index is 0.158. The molecule has 0 unspecified atom stereocenters. The number of benzene rings is 1. The molecule has 0 saturated carbocycles. The third-order valence-electron chi connectivity index (χ3n) is 2.80. The average molecular weight is 365 g/mol. The first kappa shape index (κ1) is 17.8. The highest BCUT2D eigenvalue weighted by Gasteiger charge is 2.50. The number of hydrogen-bond acceptors (Lipinski definition) is 6. The van der Waals surface area contributed by atoms with Crippen LogP contribution in [0.3, 0.4) is 0 Å². The zero-order valence-corrected chi connectivity index (χ0v) is 12.6. The number of ether oxygens (including phenoxy) is 1. The second-order valence-electron chi connectivity index (χ2n) is 4.47. The van der Waals surface area contributed by atoms with Gasteiger partial charge in [-0.05, 0) is 11.6 Å². The van der Waals surface area contributed by atoms with Gasteiger partial charge in [-0.1, -0.05) is 30.3 Å². The number of nitrogens with zero attached hydrogens (tertiary/aromatic N) is 1. The first-order valence-corrected chi connectivity index (χ1v) is 7.79. The van der Waals surface area contributed by atoms with Gasteiger partial charge >= 0.3 is 21.7 Å². The topological polar surface area (TPSA) is 90.0 Å². The maximum atomic E-state index is 12.5. The van der Waals surface area contributed by atoms with E-state index in [0.29, 0.717) is 4.90 Å². The second-order valence-corrected chi connectivity index (χ2v) is 6.01. The van der Waals surface area contributed by atoms with Gasteiger partial charge in [0.05, 0.1) is 6.54 Å². The van der Waals surface area contributed by atoms with Gasteiger partial charge in [-0.15, -0.1) is 0 Å². The van der Waals surface area contributed by atoms with Gasteiger partial charge in [-0.2, -0.15) is 21.6 Å². The summed E-state index contributed by atoms with van der Waals surface area (Å²) in [6, 6.07) is 7.43. The highest BCUT2D eigenvalue weighted by atomic mass is 32.2. The minimum Gasteiger partial charge on any atom is -0.447 e. The Morgan fingerprint density at radius 3 is 2.38 bits per heavy atom. The fraction of sp³-hybridized carbons (Fsp3) is 0.231. The first-order valence-electron chi connectivity index (χ1n) is 6.38. The SMILES string of the molecule is O=C1OCCN1C(=O)/C(=C/c1ccccc1)OS(=O)(=O)C(F)(F)F. The molecule has 24 heavy (non-hydrogen) atoms. The summed E-state index contributed by atoms with van der Waals surface area (Å²) >= 11 is 0. The molecule has 0 N–H and O–H groups in total. The van der Waals surface area contributed by atoms with E-state index in [1.54, 1.807) is 6.07 Å². The predicted octanol–water partition coefficient (Wildman–Crippen LogP) is 1.87. The first-order chi connectivity index (χ1) is 11.1. The van der Waals surface area contributed by atoms with E-state index in [1.807, 2.05) is 0 Å². The van der Waals surface area contributed by atoms with Crippen molar-refractivity contribution in [3.8, 4) is 0 Å². The standard InChI is InChI=1S/C13H10F3NO6S/c14-13(15,16)24(20,21)23-10(8-9-4-2-1-3-5-9)11(18)17-6-7-22-12(17)19/h1-5,8H,6-7H2/b10-8-. The monoisotopic (exact) mass is 365 g/mol. The van der Waals surface area contributed by atoms with Gasteiger partial charge in [0.1, 0.15) is 6.61 Å². The van der Waals surface area contributed by atoms with Crippen molar-refractivity contribution < 1.29 is 40.1 Å². The quantitative estimate of drug-likeness (QED) is 0.350. The molecule has 0 atom stereocenters. The van der Waals surface area contributed by atoms with Crippen LogP contribution in [0.15, 0.2) is 36.1 Å². The Morgan fingerprint density at radius 1 is 1.25 bits per heavy atom. The zero-order valence-electron chi connectivity index (χ0n) is 11.8. The summed E-state index contributed by atoms with van der Waals surface area (Å²) in [5.41, 5.74) is -5.53. The number of rotatable bonds is 4. The Labute approximate surface area is 134 Å². The van der Waals surface area contributed by atoms with Crippen LogP contribution >= 0.6 is 0 Å². The van der Waals surface area contributed by atoms with E-state index < -0.39 is 33.4 Å². The summed E-state index contributed by atoms with van der Waals surface area (Å²) in [5.74, 6) is -2.52. The second kappa shape index (κ2) is 6.51. The number of alkyl halides is 3. The van der Waals surface area contributed by atoms with Crippen molar-refractivity contribution in [3.63, 3.8) is 0 Å². The van der Waals surface area contributed by atoms with Gasteiger partial charge in [-0.25, -0.2) is 9.69 Å². The van der Waals surface area contributed by atoms with Crippen molar-refractivity contribution in [1.29, 1.82) is 0 Å².